The number of rotatable bonds is 3. The van der Waals surface area contributed by atoms with E-state index in [1.807, 2.05) is 20.8 Å². The van der Waals surface area contributed by atoms with Crippen LogP contribution in [-0.4, -0.2) is 52.3 Å². The van der Waals surface area contributed by atoms with Gasteiger partial charge in [0.1, 0.15) is 11.7 Å². The van der Waals surface area contributed by atoms with Crippen LogP contribution in [0.25, 0.3) is 5.53 Å². The molecule has 1 aromatic carbocycles. The Morgan fingerprint density at radius 3 is 2.27 bits per heavy atom. The van der Waals surface area contributed by atoms with Crippen LogP contribution in [0.3, 0.4) is 0 Å². The first-order valence-electron chi connectivity index (χ1n) is 8.36. The van der Waals surface area contributed by atoms with Crippen molar-refractivity contribution >= 4 is 33.7 Å². The average Bonchev–Trinajstić information content (AvgIpc) is 2.56. The molecule has 1 amide bonds. The van der Waals surface area contributed by atoms with Gasteiger partial charge < -0.3 is 19.9 Å². The van der Waals surface area contributed by atoms with E-state index < -0.39 is 11.6 Å². The van der Waals surface area contributed by atoms with Crippen molar-refractivity contribution < 1.29 is 23.9 Å². The van der Waals surface area contributed by atoms with Gasteiger partial charge in [-0.3, -0.25) is 0 Å². The first-order valence-corrected chi connectivity index (χ1v) is 9.16. The van der Waals surface area contributed by atoms with Crippen molar-refractivity contribution in [3.63, 3.8) is 0 Å². The van der Waals surface area contributed by atoms with Crippen molar-refractivity contribution in [2.75, 3.05) is 13.1 Å². The summed E-state index contributed by atoms with van der Waals surface area (Å²) in [4.78, 5) is 29.0. The number of carbonyl (C=O) groups is 2. The fourth-order valence-corrected chi connectivity index (χ4v) is 2.78. The van der Waals surface area contributed by atoms with E-state index in [9.17, 15) is 15.1 Å². The first kappa shape index (κ1) is 20.1. The normalized spacial score (nSPS) is 15.2. The van der Waals surface area contributed by atoms with Gasteiger partial charge in [0, 0.05) is 30.4 Å². The van der Waals surface area contributed by atoms with Gasteiger partial charge >= 0.3 is 17.8 Å². The van der Waals surface area contributed by atoms with E-state index in [0.29, 0.717) is 31.5 Å². The molecule has 140 valence electrons. The minimum absolute atomic E-state index is 0.146. The Morgan fingerprint density at radius 2 is 1.77 bits per heavy atom. The van der Waals surface area contributed by atoms with E-state index in [1.165, 1.54) is 0 Å². The maximum atomic E-state index is 12.3. The molecule has 0 aromatic heterocycles. The molecule has 0 N–H and O–H groups in total. The number of halogens is 1. The Kier molecular flexibility index (Phi) is 6.56. The summed E-state index contributed by atoms with van der Waals surface area (Å²) in [7, 11) is 0. The number of benzene rings is 1. The van der Waals surface area contributed by atoms with Gasteiger partial charge in [-0.2, -0.15) is 4.79 Å². The quantitative estimate of drug-likeness (QED) is 0.322. The van der Waals surface area contributed by atoms with Crippen LogP contribution in [0, 0.1) is 0 Å². The number of amides is 1. The van der Waals surface area contributed by atoms with Crippen molar-refractivity contribution in [3.05, 3.63) is 39.8 Å². The average molecular weight is 424 g/mol. The molecule has 1 heterocycles. The molecule has 0 radical (unpaired) electrons. The maximum absolute atomic E-state index is 12.3. The lowest BCUT2D eigenvalue weighted by atomic mass is 10.1. The number of nitrogens with zero attached hydrogens (tertiary/aromatic N) is 3. The van der Waals surface area contributed by atoms with Gasteiger partial charge in [-0.1, -0.05) is 15.9 Å². The van der Waals surface area contributed by atoms with E-state index in [1.54, 1.807) is 29.2 Å². The molecule has 0 atom stereocenters. The smallest absolute Gasteiger partial charge is 0.422 e. The number of carbonyl (C=O) groups excluding carboxylic acids is 2. The number of likely N-dealkylation sites (tertiary alicyclic amines) is 1. The Balaban J connectivity index is 1.90. The number of piperidine rings is 1. The lowest BCUT2D eigenvalue weighted by Crippen LogP contribution is -2.44. The highest BCUT2D eigenvalue weighted by atomic mass is 79.9. The molecule has 1 fully saturated rings. The van der Waals surface area contributed by atoms with Crippen molar-refractivity contribution in [2.24, 2.45) is 0 Å². The number of ether oxygens (including phenoxy) is 2. The SMILES string of the molecule is CC(C)(C)OC(=O)N1CCC(OC(=O)C(=[N+]=[N-])c2ccc(Br)cc2)CC1. The summed E-state index contributed by atoms with van der Waals surface area (Å²) in [6.45, 7) is 6.33. The third kappa shape index (κ3) is 5.68. The van der Waals surface area contributed by atoms with Crippen LogP contribution in [0.4, 0.5) is 4.79 Å². The minimum atomic E-state index is -0.689. The molecule has 1 aliphatic heterocycles. The Bertz CT molecular complexity index is 713. The van der Waals surface area contributed by atoms with Crippen LogP contribution < -0.4 is 0 Å². The zero-order valence-electron chi connectivity index (χ0n) is 15.1. The molecule has 1 aromatic rings. The third-order valence-electron chi connectivity index (χ3n) is 3.78. The van der Waals surface area contributed by atoms with Crippen LogP contribution >= 0.6 is 15.9 Å². The van der Waals surface area contributed by atoms with E-state index >= 15 is 0 Å². The summed E-state index contributed by atoms with van der Waals surface area (Å²) in [6.07, 6.45) is 0.303. The lowest BCUT2D eigenvalue weighted by molar-refractivity contribution is -0.147. The van der Waals surface area contributed by atoms with E-state index in [4.69, 9.17) is 9.47 Å². The van der Waals surface area contributed by atoms with Gasteiger partial charge in [0.05, 0.1) is 5.56 Å². The minimum Gasteiger partial charge on any atom is -0.453 e. The highest BCUT2D eigenvalue weighted by molar-refractivity contribution is 9.10. The van der Waals surface area contributed by atoms with Crippen molar-refractivity contribution in [1.82, 2.24) is 4.90 Å². The molecule has 1 saturated heterocycles. The molecular weight excluding hydrogens is 402 g/mol. The van der Waals surface area contributed by atoms with E-state index in [0.717, 1.165) is 4.47 Å². The number of esters is 1. The van der Waals surface area contributed by atoms with Crippen molar-refractivity contribution in [3.8, 4) is 0 Å². The monoisotopic (exact) mass is 423 g/mol. The molecule has 1 aliphatic rings. The Hall–Kier alpha value is -2.18. The standard InChI is InChI=1S/C18H22BrN3O4/c1-18(2,3)26-17(24)22-10-8-14(9-11-22)25-16(23)15(21-20)12-4-6-13(19)7-5-12/h4-7,14H,8-11H2,1-3H3. The van der Waals surface area contributed by atoms with Crippen LogP contribution in [0.2, 0.25) is 0 Å². The second-order valence-corrected chi connectivity index (χ2v) is 7.94. The molecule has 0 unspecified atom stereocenters. The summed E-state index contributed by atoms with van der Waals surface area (Å²) in [5.41, 5.74) is 8.95. The second-order valence-electron chi connectivity index (χ2n) is 7.03. The van der Waals surface area contributed by atoms with Crippen molar-refractivity contribution in [2.45, 2.75) is 45.3 Å². The number of hydrogen-bond acceptors (Lipinski definition) is 4. The highest BCUT2D eigenvalue weighted by Crippen LogP contribution is 2.18. The maximum Gasteiger partial charge on any atom is 0.422 e. The van der Waals surface area contributed by atoms with Crippen LogP contribution in [0.5, 0.6) is 0 Å². The zero-order chi connectivity index (χ0) is 19.3. The zero-order valence-corrected chi connectivity index (χ0v) is 16.7. The lowest BCUT2D eigenvalue weighted by Gasteiger charge is -2.32. The number of hydrogen-bond donors (Lipinski definition) is 0. The molecule has 2 rings (SSSR count). The molecule has 8 heteroatoms. The van der Waals surface area contributed by atoms with Gasteiger partial charge in [0.25, 0.3) is 0 Å². The van der Waals surface area contributed by atoms with Gasteiger partial charge in [0.2, 0.25) is 0 Å². The summed E-state index contributed by atoms with van der Waals surface area (Å²) < 4.78 is 11.6. The fraction of sp³-hybridized carbons (Fsp3) is 0.500. The van der Waals surface area contributed by atoms with Gasteiger partial charge in [-0.05, 0) is 45.0 Å². The molecule has 0 saturated carbocycles. The van der Waals surface area contributed by atoms with Crippen LogP contribution in [0.15, 0.2) is 28.7 Å². The predicted octanol–water partition coefficient (Wildman–Crippen LogP) is 3.41. The van der Waals surface area contributed by atoms with Crippen LogP contribution in [0.1, 0.15) is 39.2 Å². The van der Waals surface area contributed by atoms with Crippen LogP contribution in [-0.2, 0) is 14.3 Å². The largest absolute Gasteiger partial charge is 0.453 e. The molecule has 0 spiro atoms. The molecular formula is C18H22BrN3O4. The molecule has 0 bridgehead atoms. The Labute approximate surface area is 161 Å². The molecule has 0 aliphatic carbocycles. The third-order valence-corrected chi connectivity index (χ3v) is 4.31. The second kappa shape index (κ2) is 8.47. The first-order chi connectivity index (χ1) is 12.2. The van der Waals surface area contributed by atoms with Gasteiger partial charge in [0.15, 0.2) is 0 Å². The summed E-state index contributed by atoms with van der Waals surface area (Å²) >= 11 is 3.31. The highest BCUT2D eigenvalue weighted by Gasteiger charge is 2.32. The van der Waals surface area contributed by atoms with Gasteiger partial charge in [-0.15, -0.1) is 0 Å². The molecule has 7 nitrogen and oxygen atoms in total. The summed E-state index contributed by atoms with van der Waals surface area (Å²) in [6, 6.07) is 6.80. The fourth-order valence-electron chi connectivity index (χ4n) is 2.51. The van der Waals surface area contributed by atoms with E-state index in [-0.39, 0.29) is 17.9 Å². The predicted molar refractivity (Wildman–Crippen MR) is 98.8 cm³/mol. The van der Waals surface area contributed by atoms with Crippen molar-refractivity contribution in [1.29, 1.82) is 0 Å². The summed E-state index contributed by atoms with van der Waals surface area (Å²) in [5.74, 6) is -0.689. The Morgan fingerprint density at radius 1 is 1.19 bits per heavy atom. The van der Waals surface area contributed by atoms with E-state index in [2.05, 4.69) is 20.7 Å². The summed E-state index contributed by atoms with van der Waals surface area (Å²) in [5, 5.41) is 0. The van der Waals surface area contributed by atoms with Gasteiger partial charge in [-0.25, -0.2) is 9.59 Å². The topological polar surface area (TPSA) is 92.2 Å². The molecule has 26 heavy (non-hydrogen) atoms.